The molecule has 0 unspecified atom stereocenters. The summed E-state index contributed by atoms with van der Waals surface area (Å²) in [6.07, 6.45) is 4.28. The highest BCUT2D eigenvalue weighted by molar-refractivity contribution is 5.78. The molecule has 0 bridgehead atoms. The molecule has 1 aliphatic heterocycles. The molecule has 0 atom stereocenters. The van der Waals surface area contributed by atoms with Gasteiger partial charge in [-0.25, -0.2) is 4.79 Å². The minimum absolute atomic E-state index is 0.471. The van der Waals surface area contributed by atoms with Crippen molar-refractivity contribution in [3.63, 3.8) is 0 Å². The second kappa shape index (κ2) is 6.80. The molecule has 1 aromatic carbocycles. The molecule has 26 heavy (non-hydrogen) atoms. The maximum absolute atomic E-state index is 12.0. The summed E-state index contributed by atoms with van der Waals surface area (Å²) in [6, 6.07) is 9.98. The third-order valence-corrected chi connectivity index (χ3v) is 5.61. The summed E-state index contributed by atoms with van der Waals surface area (Å²) in [5.74, 6) is 1.64. The lowest BCUT2D eigenvalue weighted by atomic mass is 9.91. The molecule has 1 aromatic heterocycles. The van der Waals surface area contributed by atoms with Crippen molar-refractivity contribution >= 4 is 5.97 Å². The number of furan rings is 1. The molecule has 2 heterocycles. The highest BCUT2D eigenvalue weighted by Crippen LogP contribution is 2.33. The van der Waals surface area contributed by atoms with Crippen LogP contribution in [0.3, 0.4) is 0 Å². The monoisotopic (exact) mass is 355 g/mol. The van der Waals surface area contributed by atoms with Gasteiger partial charge in [-0.3, -0.25) is 4.90 Å². The van der Waals surface area contributed by atoms with E-state index in [1.54, 1.807) is 0 Å². The number of rotatable bonds is 5. The van der Waals surface area contributed by atoms with Crippen molar-refractivity contribution in [2.24, 2.45) is 0 Å². The van der Waals surface area contributed by atoms with E-state index in [1.807, 2.05) is 31.2 Å². The van der Waals surface area contributed by atoms with Gasteiger partial charge in [-0.1, -0.05) is 6.07 Å². The van der Waals surface area contributed by atoms with Crippen molar-refractivity contribution in [2.45, 2.75) is 51.2 Å². The third kappa shape index (κ3) is 3.36. The van der Waals surface area contributed by atoms with Gasteiger partial charge in [0.25, 0.3) is 0 Å². The van der Waals surface area contributed by atoms with E-state index in [9.17, 15) is 9.90 Å². The molecule has 2 aromatic rings. The molecular weight excluding hydrogens is 330 g/mol. The van der Waals surface area contributed by atoms with Crippen LogP contribution >= 0.6 is 0 Å². The first kappa shape index (κ1) is 17.2. The number of likely N-dealkylation sites (tertiary alicyclic amines) is 1. The zero-order valence-electron chi connectivity index (χ0n) is 15.2. The van der Waals surface area contributed by atoms with Gasteiger partial charge in [0.1, 0.15) is 17.3 Å². The van der Waals surface area contributed by atoms with Crippen LogP contribution in [0.4, 0.5) is 0 Å². The fourth-order valence-corrected chi connectivity index (χ4v) is 4.06. The number of hydrogen-bond donors (Lipinski definition) is 1. The SMILES string of the molecule is Cc1ccc(CN2CCC(Oc3ccc4c(c3)CCC4)(C(=O)O)CC2)o1. The molecule has 1 aliphatic carbocycles. The Labute approximate surface area is 153 Å². The Hall–Kier alpha value is -2.27. The Morgan fingerprint density at radius 1 is 1.19 bits per heavy atom. The van der Waals surface area contributed by atoms with Gasteiger partial charge in [0.15, 0.2) is 0 Å². The number of nitrogens with zero attached hydrogens (tertiary/aromatic N) is 1. The number of carboxylic acids is 1. The standard InChI is InChI=1S/C21H25NO4/c1-15-5-7-19(25-15)14-22-11-9-21(10-12-22,20(23)24)26-18-8-6-16-3-2-4-17(16)13-18/h5-8,13H,2-4,9-12,14H2,1H3,(H,23,24). The average molecular weight is 355 g/mol. The molecule has 5 heteroatoms. The zero-order valence-corrected chi connectivity index (χ0v) is 15.2. The van der Waals surface area contributed by atoms with Gasteiger partial charge in [-0.2, -0.15) is 0 Å². The van der Waals surface area contributed by atoms with Gasteiger partial charge in [-0.05, 0) is 61.6 Å². The number of fused-ring (bicyclic) bond motifs is 1. The smallest absolute Gasteiger partial charge is 0.348 e. The number of hydrogen-bond acceptors (Lipinski definition) is 4. The number of ether oxygens (including phenoxy) is 1. The Morgan fingerprint density at radius 3 is 2.65 bits per heavy atom. The van der Waals surface area contributed by atoms with Crippen molar-refractivity contribution in [3.8, 4) is 5.75 Å². The molecule has 1 N–H and O–H groups in total. The van der Waals surface area contributed by atoms with Crippen LogP contribution in [-0.2, 0) is 24.2 Å². The molecule has 0 radical (unpaired) electrons. The van der Waals surface area contributed by atoms with Gasteiger partial charge < -0.3 is 14.3 Å². The van der Waals surface area contributed by atoms with Crippen molar-refractivity contribution in [3.05, 3.63) is 53.0 Å². The van der Waals surface area contributed by atoms with E-state index in [-0.39, 0.29) is 0 Å². The Balaban J connectivity index is 1.44. The zero-order chi connectivity index (χ0) is 18.1. The summed E-state index contributed by atoms with van der Waals surface area (Å²) in [5.41, 5.74) is 1.53. The van der Waals surface area contributed by atoms with E-state index in [1.165, 1.54) is 17.5 Å². The van der Waals surface area contributed by atoms with Gasteiger partial charge in [0.2, 0.25) is 5.60 Å². The van der Waals surface area contributed by atoms with Crippen molar-refractivity contribution < 1.29 is 19.1 Å². The number of piperidine rings is 1. The van der Waals surface area contributed by atoms with Crippen LogP contribution in [0.1, 0.15) is 41.9 Å². The molecule has 4 rings (SSSR count). The topological polar surface area (TPSA) is 62.9 Å². The summed E-state index contributed by atoms with van der Waals surface area (Å²) >= 11 is 0. The number of carboxylic acid groups (broad SMARTS) is 1. The van der Waals surface area contributed by atoms with Crippen LogP contribution in [0.5, 0.6) is 5.75 Å². The minimum Gasteiger partial charge on any atom is -0.478 e. The van der Waals surface area contributed by atoms with E-state index >= 15 is 0 Å². The van der Waals surface area contributed by atoms with Crippen LogP contribution < -0.4 is 4.74 Å². The Morgan fingerprint density at radius 2 is 1.96 bits per heavy atom. The highest BCUT2D eigenvalue weighted by Gasteiger charge is 2.44. The second-order valence-electron chi connectivity index (χ2n) is 7.47. The maximum Gasteiger partial charge on any atom is 0.348 e. The van der Waals surface area contributed by atoms with Crippen molar-refractivity contribution in [1.82, 2.24) is 4.90 Å². The Kier molecular flexibility index (Phi) is 4.49. The van der Waals surface area contributed by atoms with Gasteiger partial charge in [0.05, 0.1) is 6.54 Å². The van der Waals surface area contributed by atoms with E-state index < -0.39 is 11.6 Å². The quantitative estimate of drug-likeness (QED) is 0.888. The van der Waals surface area contributed by atoms with E-state index in [4.69, 9.17) is 9.15 Å². The molecule has 1 fully saturated rings. The summed E-state index contributed by atoms with van der Waals surface area (Å²) in [5, 5.41) is 9.86. The largest absolute Gasteiger partial charge is 0.478 e. The number of aliphatic carboxylic acids is 1. The fourth-order valence-electron chi connectivity index (χ4n) is 4.06. The molecule has 5 nitrogen and oxygen atoms in total. The lowest BCUT2D eigenvalue weighted by molar-refractivity contribution is -0.160. The van der Waals surface area contributed by atoms with Crippen LogP contribution in [0.15, 0.2) is 34.7 Å². The molecule has 2 aliphatic rings. The molecule has 0 saturated carbocycles. The molecule has 0 amide bonds. The van der Waals surface area contributed by atoms with Crippen molar-refractivity contribution in [2.75, 3.05) is 13.1 Å². The third-order valence-electron chi connectivity index (χ3n) is 5.61. The van der Waals surface area contributed by atoms with Gasteiger partial charge in [-0.15, -0.1) is 0 Å². The number of carbonyl (C=O) groups is 1. The van der Waals surface area contributed by atoms with Gasteiger partial charge in [0, 0.05) is 25.9 Å². The van der Waals surface area contributed by atoms with Crippen molar-refractivity contribution in [1.29, 1.82) is 0 Å². The Bertz CT molecular complexity index is 802. The van der Waals surface area contributed by atoms with E-state index in [0.29, 0.717) is 38.2 Å². The summed E-state index contributed by atoms with van der Waals surface area (Å²) in [4.78, 5) is 14.2. The van der Waals surface area contributed by atoms with Crippen LogP contribution in [0.2, 0.25) is 0 Å². The summed E-state index contributed by atoms with van der Waals surface area (Å²) in [7, 11) is 0. The number of aryl methyl sites for hydroxylation is 3. The fraction of sp³-hybridized carbons (Fsp3) is 0.476. The first-order chi connectivity index (χ1) is 12.5. The lowest BCUT2D eigenvalue weighted by Crippen LogP contribution is -2.53. The van der Waals surface area contributed by atoms with E-state index in [0.717, 1.165) is 24.4 Å². The van der Waals surface area contributed by atoms with Gasteiger partial charge >= 0.3 is 5.97 Å². The predicted molar refractivity (Wildman–Crippen MR) is 97.4 cm³/mol. The first-order valence-corrected chi connectivity index (χ1v) is 9.36. The average Bonchev–Trinajstić information content (AvgIpc) is 3.25. The number of benzene rings is 1. The van der Waals surface area contributed by atoms with Crippen LogP contribution in [-0.4, -0.2) is 34.7 Å². The first-order valence-electron chi connectivity index (χ1n) is 9.36. The molecule has 0 spiro atoms. The minimum atomic E-state index is -1.14. The molecule has 1 saturated heterocycles. The maximum atomic E-state index is 12.0. The lowest BCUT2D eigenvalue weighted by Gasteiger charge is -2.38. The molecular formula is C21H25NO4. The summed E-state index contributed by atoms with van der Waals surface area (Å²) < 4.78 is 11.7. The molecule has 138 valence electrons. The normalized spacial score (nSPS) is 19.3. The predicted octanol–water partition coefficient (Wildman–Crippen LogP) is 3.57. The van der Waals surface area contributed by atoms with E-state index in [2.05, 4.69) is 11.0 Å². The second-order valence-corrected chi connectivity index (χ2v) is 7.47. The summed E-state index contributed by atoms with van der Waals surface area (Å²) in [6.45, 7) is 4.00. The van der Waals surface area contributed by atoms with Crippen LogP contribution in [0.25, 0.3) is 0 Å². The highest BCUT2D eigenvalue weighted by atomic mass is 16.5. The van der Waals surface area contributed by atoms with Crippen LogP contribution in [0, 0.1) is 6.92 Å².